The van der Waals surface area contributed by atoms with Gasteiger partial charge in [0.15, 0.2) is 0 Å². The molecule has 4 aromatic carbocycles. The van der Waals surface area contributed by atoms with E-state index in [2.05, 4.69) is 107 Å². The van der Waals surface area contributed by atoms with E-state index in [0.717, 1.165) is 11.4 Å². The van der Waals surface area contributed by atoms with Gasteiger partial charge in [0.1, 0.15) is 8.07 Å². The Morgan fingerprint density at radius 3 is 1.44 bits per heavy atom. The van der Waals surface area contributed by atoms with Crippen LogP contribution in [0.25, 0.3) is 22.5 Å². The van der Waals surface area contributed by atoms with Crippen LogP contribution in [0.2, 0.25) is 0 Å². The minimum absolute atomic E-state index is 0. The summed E-state index contributed by atoms with van der Waals surface area (Å²) < 4.78 is 3.75. The summed E-state index contributed by atoms with van der Waals surface area (Å²) in [6, 6.07) is 41.9. The molecule has 0 bridgehead atoms. The van der Waals surface area contributed by atoms with Crippen molar-refractivity contribution in [3.63, 3.8) is 0 Å². The maximum absolute atomic E-state index is 4.47. The van der Waals surface area contributed by atoms with Crippen LogP contribution >= 0.6 is 0 Å². The van der Waals surface area contributed by atoms with Gasteiger partial charge in [-0.2, -0.15) is 57.0 Å². The molecule has 6 aromatic rings. The summed E-state index contributed by atoms with van der Waals surface area (Å²) in [6.07, 6.45) is 7.53. The van der Waals surface area contributed by atoms with Crippen LogP contribution in [0.5, 0.6) is 0 Å². The van der Waals surface area contributed by atoms with E-state index >= 15 is 0 Å². The molecule has 2 aromatic heterocycles. The molecule has 0 radical (unpaired) electrons. The second kappa shape index (κ2) is 9.01. The molecule has 0 unspecified atom stereocenters. The fraction of sp³-hybridized carbons (Fsp3) is 0. The van der Waals surface area contributed by atoms with Crippen molar-refractivity contribution >= 4 is 28.8 Å². The summed E-state index contributed by atoms with van der Waals surface area (Å²) in [6.45, 7) is 0. The number of nitrogens with zero attached hydrogens (tertiary/aromatic N) is 4. The van der Waals surface area contributed by atoms with Crippen LogP contribution in [0.15, 0.2) is 122 Å². The Kier molecular flexibility index (Phi) is 5.67. The van der Waals surface area contributed by atoms with Crippen LogP contribution in [0.1, 0.15) is 0 Å². The minimum Gasteiger partial charge on any atom is -0.266 e. The molecule has 1 aliphatic heterocycles. The van der Waals surface area contributed by atoms with Gasteiger partial charge in [-0.1, -0.05) is 48.5 Å². The Labute approximate surface area is 225 Å². The van der Waals surface area contributed by atoms with Gasteiger partial charge in [-0.25, -0.2) is 0 Å². The summed E-state index contributed by atoms with van der Waals surface area (Å²) >= 11 is 0. The Balaban J connectivity index is 0.00000240. The molecular formula is C30H20N4PtSi. The van der Waals surface area contributed by atoms with E-state index in [1.807, 2.05) is 33.9 Å². The van der Waals surface area contributed by atoms with E-state index < -0.39 is 8.07 Å². The van der Waals surface area contributed by atoms with Crippen LogP contribution < -0.4 is 20.7 Å². The van der Waals surface area contributed by atoms with Crippen LogP contribution in [0.4, 0.5) is 0 Å². The predicted octanol–water partition coefficient (Wildman–Crippen LogP) is 3.01. The Hall–Kier alpha value is -3.79. The number of fused-ring (bicyclic) bond motifs is 3. The Morgan fingerprint density at radius 2 is 1.00 bits per heavy atom. The third-order valence-electron chi connectivity index (χ3n) is 6.82. The van der Waals surface area contributed by atoms with E-state index in [0.29, 0.717) is 0 Å². The Morgan fingerprint density at radius 1 is 0.528 bits per heavy atom. The standard InChI is InChI=1S/C30H20N4Si.Pt/c1-3-15-29-27(13-1)28-14-2-4-16-30(28)35(29,25-11-5-9-23(21-25)33-19-7-17-31-33)26-12-6-10-24(22-26)34-20-8-18-32-34;/h1-20H;/q-2;+2. The van der Waals surface area contributed by atoms with Crippen LogP contribution in [0.3, 0.4) is 0 Å². The zero-order chi connectivity index (χ0) is 23.2. The second-order valence-corrected chi connectivity index (χ2v) is 12.3. The average Bonchev–Trinajstić information content (AvgIpc) is 3.70. The monoisotopic (exact) mass is 659 g/mol. The summed E-state index contributed by atoms with van der Waals surface area (Å²) in [5, 5.41) is 14.0. The van der Waals surface area contributed by atoms with Crippen LogP contribution in [0, 0.1) is 12.1 Å². The summed E-state index contributed by atoms with van der Waals surface area (Å²) in [4.78, 5) is 0. The summed E-state index contributed by atoms with van der Waals surface area (Å²) in [5.41, 5.74) is 4.46. The molecule has 0 N–H and O–H groups in total. The molecule has 3 heterocycles. The van der Waals surface area contributed by atoms with Crippen LogP contribution in [-0.4, -0.2) is 27.6 Å². The van der Waals surface area contributed by atoms with Gasteiger partial charge in [0.25, 0.3) is 0 Å². The SMILES string of the molecule is [Pt+2].[c-]1c(-n2cccn2)cccc1[Si]1(c2[c-]c(-n3cccn3)ccc2)c2ccccc2-c2ccccc21. The van der Waals surface area contributed by atoms with Crippen molar-refractivity contribution in [3.05, 3.63) is 134 Å². The Bertz CT molecular complexity index is 1530. The van der Waals surface area contributed by atoms with Crippen molar-refractivity contribution in [1.82, 2.24) is 19.6 Å². The molecule has 0 amide bonds. The summed E-state index contributed by atoms with van der Waals surface area (Å²) in [5.74, 6) is 0. The third-order valence-corrected chi connectivity index (χ3v) is 11.5. The molecule has 0 saturated heterocycles. The van der Waals surface area contributed by atoms with Gasteiger partial charge < -0.3 is 0 Å². The third kappa shape index (κ3) is 3.31. The first kappa shape index (κ1) is 22.7. The molecule has 7 rings (SSSR count). The number of hydrogen-bond acceptors (Lipinski definition) is 2. The fourth-order valence-corrected chi connectivity index (χ4v) is 10.4. The first-order valence-electron chi connectivity index (χ1n) is 11.6. The van der Waals surface area contributed by atoms with Crippen molar-refractivity contribution in [1.29, 1.82) is 0 Å². The largest absolute Gasteiger partial charge is 2.00 e. The maximum Gasteiger partial charge on any atom is 2.00 e. The van der Waals surface area contributed by atoms with Crippen molar-refractivity contribution in [2.45, 2.75) is 0 Å². The van der Waals surface area contributed by atoms with Gasteiger partial charge in [-0.15, -0.1) is 12.1 Å². The number of aromatic nitrogens is 4. The topological polar surface area (TPSA) is 35.6 Å². The van der Waals surface area contributed by atoms with Gasteiger partial charge in [0.2, 0.25) is 0 Å². The molecule has 1 aliphatic rings. The molecule has 174 valence electrons. The van der Waals surface area contributed by atoms with Gasteiger partial charge in [-0.3, -0.25) is 9.36 Å². The molecule has 0 aliphatic carbocycles. The number of hydrogen-bond donors (Lipinski definition) is 0. The van der Waals surface area contributed by atoms with Crippen LogP contribution in [-0.2, 0) is 21.1 Å². The van der Waals surface area contributed by atoms with Gasteiger partial charge >= 0.3 is 21.1 Å². The zero-order valence-electron chi connectivity index (χ0n) is 19.2. The van der Waals surface area contributed by atoms with E-state index in [4.69, 9.17) is 0 Å². The van der Waals surface area contributed by atoms with Gasteiger partial charge in [0, 0.05) is 24.8 Å². The van der Waals surface area contributed by atoms with Crippen molar-refractivity contribution in [3.8, 4) is 22.5 Å². The van der Waals surface area contributed by atoms with E-state index in [-0.39, 0.29) is 21.1 Å². The molecular weight excluding hydrogens is 640 g/mol. The van der Waals surface area contributed by atoms with Crippen molar-refractivity contribution < 1.29 is 21.1 Å². The van der Waals surface area contributed by atoms with Gasteiger partial charge in [0.05, 0.1) is 0 Å². The van der Waals surface area contributed by atoms with Gasteiger partial charge in [-0.05, 0) is 45.0 Å². The number of rotatable bonds is 4. The molecule has 4 nitrogen and oxygen atoms in total. The average molecular weight is 660 g/mol. The maximum atomic E-state index is 4.47. The normalized spacial score (nSPS) is 13.0. The van der Waals surface area contributed by atoms with E-state index in [9.17, 15) is 0 Å². The molecule has 36 heavy (non-hydrogen) atoms. The van der Waals surface area contributed by atoms with E-state index in [1.54, 1.807) is 12.4 Å². The second-order valence-electron chi connectivity index (χ2n) is 8.64. The molecule has 0 spiro atoms. The fourth-order valence-electron chi connectivity index (χ4n) is 5.40. The van der Waals surface area contributed by atoms with Crippen molar-refractivity contribution in [2.75, 3.05) is 0 Å². The smallest absolute Gasteiger partial charge is 0.266 e. The molecule has 0 atom stereocenters. The first-order chi connectivity index (χ1) is 17.4. The summed E-state index contributed by atoms with van der Waals surface area (Å²) in [7, 11) is -2.71. The first-order valence-corrected chi connectivity index (χ1v) is 13.6. The zero-order valence-corrected chi connectivity index (χ0v) is 22.4. The van der Waals surface area contributed by atoms with Crippen molar-refractivity contribution in [2.24, 2.45) is 0 Å². The minimum atomic E-state index is -2.71. The molecule has 6 heteroatoms. The predicted molar refractivity (Wildman–Crippen MR) is 141 cm³/mol. The quantitative estimate of drug-likeness (QED) is 0.215. The number of benzene rings is 4. The molecule has 0 fully saturated rings. The van der Waals surface area contributed by atoms with E-state index in [1.165, 1.54) is 31.9 Å². The molecule has 0 saturated carbocycles.